The van der Waals surface area contributed by atoms with Crippen molar-refractivity contribution in [2.45, 2.75) is 31.8 Å². The van der Waals surface area contributed by atoms with Gasteiger partial charge in [-0.25, -0.2) is 4.79 Å². The SMILES string of the molecule is N#CCCCC(CN1C(=O)c2ccccc2C1=O)N(Cc1ccccc1)C(=O)O. The first-order valence-electron chi connectivity index (χ1n) is 9.38. The van der Waals surface area contributed by atoms with Crippen molar-refractivity contribution in [3.8, 4) is 6.07 Å². The van der Waals surface area contributed by atoms with E-state index in [2.05, 4.69) is 6.07 Å². The first-order chi connectivity index (χ1) is 14.0. The third-order valence-corrected chi connectivity index (χ3v) is 4.98. The number of carbonyl (C=O) groups excluding carboxylic acids is 2. The fourth-order valence-corrected chi connectivity index (χ4v) is 3.51. The molecule has 0 saturated carbocycles. The molecule has 2 aromatic carbocycles. The van der Waals surface area contributed by atoms with Gasteiger partial charge < -0.3 is 5.11 Å². The van der Waals surface area contributed by atoms with Crippen LogP contribution in [0.4, 0.5) is 4.79 Å². The average molecular weight is 391 g/mol. The second kappa shape index (κ2) is 9.02. The number of carboxylic acid groups (broad SMARTS) is 1. The molecule has 1 aliphatic heterocycles. The number of unbranched alkanes of at least 4 members (excludes halogenated alkanes) is 1. The maximum absolute atomic E-state index is 12.7. The number of nitriles is 1. The number of benzene rings is 2. The lowest BCUT2D eigenvalue weighted by Gasteiger charge is -2.32. The topological polar surface area (TPSA) is 102 Å². The van der Waals surface area contributed by atoms with Crippen LogP contribution in [0, 0.1) is 11.3 Å². The van der Waals surface area contributed by atoms with Gasteiger partial charge in [0.25, 0.3) is 11.8 Å². The molecule has 1 heterocycles. The molecule has 1 aliphatic rings. The highest BCUT2D eigenvalue weighted by atomic mass is 16.4. The van der Waals surface area contributed by atoms with E-state index in [1.807, 2.05) is 30.3 Å². The number of rotatable bonds is 8. The Kier molecular flexibility index (Phi) is 6.25. The van der Waals surface area contributed by atoms with Crippen LogP contribution in [0.5, 0.6) is 0 Å². The molecule has 3 rings (SSSR count). The Hall–Kier alpha value is -3.66. The molecule has 0 radical (unpaired) electrons. The largest absolute Gasteiger partial charge is 0.465 e. The molecular weight excluding hydrogens is 370 g/mol. The molecular formula is C22H21N3O4. The molecule has 0 aromatic heterocycles. The molecule has 148 valence electrons. The Labute approximate surface area is 168 Å². The van der Waals surface area contributed by atoms with Crippen LogP contribution in [0.2, 0.25) is 0 Å². The van der Waals surface area contributed by atoms with Crippen LogP contribution in [0.15, 0.2) is 54.6 Å². The summed E-state index contributed by atoms with van der Waals surface area (Å²) in [5, 5.41) is 18.7. The van der Waals surface area contributed by atoms with Crippen LogP contribution in [0.1, 0.15) is 45.5 Å². The second-order valence-corrected chi connectivity index (χ2v) is 6.87. The first-order valence-corrected chi connectivity index (χ1v) is 9.38. The van der Waals surface area contributed by atoms with Gasteiger partial charge in [0.1, 0.15) is 0 Å². The van der Waals surface area contributed by atoms with Gasteiger partial charge in [-0.05, 0) is 30.5 Å². The number of imide groups is 1. The monoisotopic (exact) mass is 391 g/mol. The van der Waals surface area contributed by atoms with E-state index in [0.717, 1.165) is 10.5 Å². The van der Waals surface area contributed by atoms with E-state index in [-0.39, 0.29) is 19.5 Å². The Morgan fingerprint density at radius 2 is 1.62 bits per heavy atom. The van der Waals surface area contributed by atoms with E-state index in [1.54, 1.807) is 24.3 Å². The number of carbonyl (C=O) groups is 3. The van der Waals surface area contributed by atoms with Gasteiger partial charge in [-0.1, -0.05) is 42.5 Å². The van der Waals surface area contributed by atoms with Crippen molar-refractivity contribution in [2.75, 3.05) is 6.54 Å². The van der Waals surface area contributed by atoms with Gasteiger partial charge in [0, 0.05) is 19.5 Å². The molecule has 29 heavy (non-hydrogen) atoms. The predicted molar refractivity (Wildman–Crippen MR) is 105 cm³/mol. The number of hydrogen-bond donors (Lipinski definition) is 1. The van der Waals surface area contributed by atoms with E-state index < -0.39 is 23.9 Å². The maximum atomic E-state index is 12.7. The van der Waals surface area contributed by atoms with Crippen molar-refractivity contribution in [1.82, 2.24) is 9.80 Å². The third kappa shape index (κ3) is 4.43. The van der Waals surface area contributed by atoms with Crippen LogP contribution in [-0.2, 0) is 6.54 Å². The first kappa shape index (κ1) is 20.1. The Morgan fingerprint density at radius 3 is 2.17 bits per heavy atom. The molecule has 0 aliphatic carbocycles. The summed E-state index contributed by atoms with van der Waals surface area (Å²) in [6, 6.07) is 17.2. The summed E-state index contributed by atoms with van der Waals surface area (Å²) in [7, 11) is 0. The fraction of sp³-hybridized carbons (Fsp3) is 0.273. The minimum Gasteiger partial charge on any atom is -0.465 e. The van der Waals surface area contributed by atoms with Crippen molar-refractivity contribution >= 4 is 17.9 Å². The summed E-state index contributed by atoms with van der Waals surface area (Å²) in [6.07, 6.45) is -0.00660. The van der Waals surface area contributed by atoms with Crippen molar-refractivity contribution in [1.29, 1.82) is 5.26 Å². The minimum absolute atomic E-state index is 0.0447. The molecule has 0 fully saturated rings. The molecule has 0 bridgehead atoms. The maximum Gasteiger partial charge on any atom is 0.407 e. The van der Waals surface area contributed by atoms with Crippen LogP contribution in [0.25, 0.3) is 0 Å². The summed E-state index contributed by atoms with van der Waals surface area (Å²) < 4.78 is 0. The Balaban J connectivity index is 1.84. The quantitative estimate of drug-likeness (QED) is 0.548. The molecule has 1 unspecified atom stereocenters. The van der Waals surface area contributed by atoms with Crippen molar-refractivity contribution in [2.24, 2.45) is 0 Å². The molecule has 1 atom stereocenters. The zero-order valence-corrected chi connectivity index (χ0v) is 15.8. The summed E-state index contributed by atoms with van der Waals surface area (Å²) in [6.45, 7) is 0.0907. The standard InChI is InChI=1S/C22H21N3O4/c23-13-7-6-10-17(24(22(28)29)14-16-8-2-1-3-9-16)15-25-20(26)18-11-4-5-12-19(18)21(25)27/h1-5,8-9,11-12,17H,6-7,10,14-15H2,(H,28,29). The third-order valence-electron chi connectivity index (χ3n) is 4.98. The van der Waals surface area contributed by atoms with Gasteiger partial charge in [-0.3, -0.25) is 19.4 Å². The van der Waals surface area contributed by atoms with Crippen molar-refractivity contribution in [3.63, 3.8) is 0 Å². The lowest BCUT2D eigenvalue weighted by atomic mass is 10.1. The lowest BCUT2D eigenvalue weighted by Crippen LogP contribution is -2.47. The minimum atomic E-state index is -1.13. The van der Waals surface area contributed by atoms with Crippen LogP contribution in [-0.4, -0.2) is 45.4 Å². The van der Waals surface area contributed by atoms with Crippen molar-refractivity contribution in [3.05, 3.63) is 71.3 Å². The highest BCUT2D eigenvalue weighted by Gasteiger charge is 2.38. The molecule has 2 aromatic rings. The molecule has 7 nitrogen and oxygen atoms in total. The van der Waals surface area contributed by atoms with E-state index in [4.69, 9.17) is 5.26 Å². The average Bonchev–Trinajstić information content (AvgIpc) is 2.97. The van der Waals surface area contributed by atoms with E-state index in [1.165, 1.54) is 4.90 Å². The van der Waals surface area contributed by atoms with Gasteiger partial charge >= 0.3 is 6.09 Å². The Morgan fingerprint density at radius 1 is 1.03 bits per heavy atom. The van der Waals surface area contributed by atoms with Crippen LogP contribution < -0.4 is 0 Å². The molecule has 1 N–H and O–H groups in total. The van der Waals surface area contributed by atoms with E-state index in [0.29, 0.717) is 24.0 Å². The highest BCUT2D eigenvalue weighted by Crippen LogP contribution is 2.25. The van der Waals surface area contributed by atoms with Gasteiger partial charge in [0.05, 0.1) is 23.2 Å². The highest BCUT2D eigenvalue weighted by molar-refractivity contribution is 6.21. The molecule has 7 heteroatoms. The Bertz CT molecular complexity index is 917. The smallest absolute Gasteiger partial charge is 0.407 e. The predicted octanol–water partition coefficient (Wildman–Crippen LogP) is 3.53. The summed E-state index contributed by atoms with van der Waals surface area (Å²) in [4.78, 5) is 39.8. The van der Waals surface area contributed by atoms with Gasteiger partial charge in [-0.15, -0.1) is 0 Å². The number of fused-ring (bicyclic) bond motifs is 1. The van der Waals surface area contributed by atoms with Crippen molar-refractivity contribution < 1.29 is 19.5 Å². The molecule has 0 saturated heterocycles. The summed E-state index contributed by atoms with van der Waals surface area (Å²) >= 11 is 0. The number of nitrogens with zero attached hydrogens (tertiary/aromatic N) is 3. The van der Waals surface area contributed by atoms with Gasteiger partial charge in [0.15, 0.2) is 0 Å². The number of hydrogen-bond acceptors (Lipinski definition) is 4. The number of amides is 3. The van der Waals surface area contributed by atoms with Crippen LogP contribution in [0.3, 0.4) is 0 Å². The lowest BCUT2D eigenvalue weighted by molar-refractivity contribution is 0.0563. The zero-order chi connectivity index (χ0) is 20.8. The van der Waals surface area contributed by atoms with Gasteiger partial charge in [0.2, 0.25) is 0 Å². The van der Waals surface area contributed by atoms with Gasteiger partial charge in [-0.2, -0.15) is 5.26 Å². The molecule has 0 spiro atoms. The second-order valence-electron chi connectivity index (χ2n) is 6.87. The van der Waals surface area contributed by atoms with E-state index >= 15 is 0 Å². The fourth-order valence-electron chi connectivity index (χ4n) is 3.51. The van der Waals surface area contributed by atoms with Crippen LogP contribution >= 0.6 is 0 Å². The molecule has 3 amide bonds. The van der Waals surface area contributed by atoms with E-state index in [9.17, 15) is 19.5 Å². The normalized spacial score (nSPS) is 13.7. The zero-order valence-electron chi connectivity index (χ0n) is 15.8. The summed E-state index contributed by atoms with van der Waals surface area (Å²) in [5.41, 5.74) is 1.47. The summed E-state index contributed by atoms with van der Waals surface area (Å²) in [5.74, 6) is -0.832.